The van der Waals surface area contributed by atoms with Crippen molar-refractivity contribution in [1.29, 1.82) is 0 Å². The summed E-state index contributed by atoms with van der Waals surface area (Å²) in [5.41, 5.74) is 5.54. The maximum absolute atomic E-state index is 5.89. The third-order valence-corrected chi connectivity index (χ3v) is 5.44. The van der Waals surface area contributed by atoms with Gasteiger partial charge in [0.15, 0.2) is 0 Å². The van der Waals surface area contributed by atoms with Gasteiger partial charge >= 0.3 is 0 Å². The second-order valence-corrected chi connectivity index (χ2v) is 7.18. The number of rotatable bonds is 4. The van der Waals surface area contributed by atoms with Crippen molar-refractivity contribution in [3.05, 3.63) is 70.5 Å². The van der Waals surface area contributed by atoms with Crippen molar-refractivity contribution >= 4 is 21.6 Å². The van der Waals surface area contributed by atoms with Crippen molar-refractivity contribution in [2.45, 2.75) is 27.4 Å². The van der Waals surface area contributed by atoms with Crippen molar-refractivity contribution in [1.82, 2.24) is 14.8 Å². The first kappa shape index (κ1) is 15.8. The zero-order valence-electron chi connectivity index (χ0n) is 14.5. The zero-order valence-corrected chi connectivity index (χ0v) is 15.3. The van der Waals surface area contributed by atoms with E-state index in [1.165, 1.54) is 16.0 Å². The molecular weight excluding hydrogens is 330 g/mol. The summed E-state index contributed by atoms with van der Waals surface area (Å²) in [6.45, 7) is 6.71. The van der Waals surface area contributed by atoms with Gasteiger partial charge in [-0.05, 0) is 62.7 Å². The van der Waals surface area contributed by atoms with Crippen LogP contribution in [-0.2, 0) is 6.61 Å². The molecule has 2 aromatic carbocycles. The Morgan fingerprint density at radius 2 is 1.76 bits per heavy atom. The second-order valence-electron chi connectivity index (χ2n) is 6.07. The van der Waals surface area contributed by atoms with Crippen LogP contribution in [0.25, 0.3) is 15.9 Å². The van der Waals surface area contributed by atoms with E-state index < -0.39 is 0 Å². The van der Waals surface area contributed by atoms with E-state index >= 15 is 0 Å². The van der Waals surface area contributed by atoms with Gasteiger partial charge in [-0.25, -0.2) is 9.67 Å². The molecule has 4 rings (SSSR count). The summed E-state index contributed by atoms with van der Waals surface area (Å²) in [7, 11) is 0. The summed E-state index contributed by atoms with van der Waals surface area (Å²) < 4.78 is 9.06. The molecule has 0 fully saturated rings. The fourth-order valence-corrected chi connectivity index (χ4v) is 3.66. The van der Waals surface area contributed by atoms with E-state index in [1.54, 1.807) is 11.3 Å². The van der Waals surface area contributed by atoms with Crippen LogP contribution in [0.2, 0.25) is 0 Å². The van der Waals surface area contributed by atoms with Crippen molar-refractivity contribution in [3.63, 3.8) is 0 Å². The fourth-order valence-electron chi connectivity index (χ4n) is 2.78. The summed E-state index contributed by atoms with van der Waals surface area (Å²) in [5, 5.41) is 5.58. The number of benzene rings is 2. The number of aryl methyl sites for hydroxylation is 1. The SMILES string of the molecule is Cc1nn(-c2ccc(OCc3nc4ccccc4s3)cc2)c(C)c1C. The van der Waals surface area contributed by atoms with Gasteiger partial charge in [-0.2, -0.15) is 5.10 Å². The van der Waals surface area contributed by atoms with E-state index in [0.29, 0.717) is 6.61 Å². The van der Waals surface area contributed by atoms with Gasteiger partial charge in [-0.1, -0.05) is 12.1 Å². The van der Waals surface area contributed by atoms with Crippen LogP contribution in [0.5, 0.6) is 5.75 Å². The van der Waals surface area contributed by atoms with E-state index in [9.17, 15) is 0 Å². The molecule has 0 amide bonds. The zero-order chi connectivity index (χ0) is 17.4. The highest BCUT2D eigenvalue weighted by Crippen LogP contribution is 2.24. The van der Waals surface area contributed by atoms with Crippen LogP contribution in [0, 0.1) is 20.8 Å². The highest BCUT2D eigenvalue weighted by atomic mass is 32.1. The third-order valence-electron chi connectivity index (χ3n) is 4.43. The Balaban J connectivity index is 1.49. The molecule has 0 radical (unpaired) electrons. The van der Waals surface area contributed by atoms with Crippen LogP contribution >= 0.6 is 11.3 Å². The number of fused-ring (bicyclic) bond motifs is 1. The first-order chi connectivity index (χ1) is 12.1. The monoisotopic (exact) mass is 349 g/mol. The van der Waals surface area contributed by atoms with E-state index in [2.05, 4.69) is 30.0 Å². The predicted octanol–water partition coefficient (Wildman–Crippen LogP) is 4.99. The average molecular weight is 349 g/mol. The first-order valence-corrected chi connectivity index (χ1v) is 9.04. The van der Waals surface area contributed by atoms with Crippen molar-refractivity contribution < 1.29 is 4.74 Å². The van der Waals surface area contributed by atoms with Gasteiger partial charge < -0.3 is 4.74 Å². The van der Waals surface area contributed by atoms with Crippen LogP contribution in [0.4, 0.5) is 0 Å². The van der Waals surface area contributed by atoms with Crippen LogP contribution in [0.1, 0.15) is 22.0 Å². The normalized spacial score (nSPS) is 11.2. The minimum Gasteiger partial charge on any atom is -0.486 e. The third kappa shape index (κ3) is 3.03. The summed E-state index contributed by atoms with van der Waals surface area (Å²) in [6.07, 6.45) is 0. The van der Waals surface area contributed by atoms with Gasteiger partial charge in [0.1, 0.15) is 17.4 Å². The highest BCUT2D eigenvalue weighted by Gasteiger charge is 2.09. The molecule has 0 atom stereocenters. The number of aromatic nitrogens is 3. The topological polar surface area (TPSA) is 39.9 Å². The van der Waals surface area contributed by atoms with E-state index in [-0.39, 0.29) is 0 Å². The van der Waals surface area contributed by atoms with Gasteiger partial charge in [-0.15, -0.1) is 11.3 Å². The highest BCUT2D eigenvalue weighted by molar-refractivity contribution is 7.18. The standard InChI is InChI=1S/C20H19N3OS/c1-13-14(2)22-23(15(13)3)16-8-10-17(11-9-16)24-12-20-21-18-6-4-5-7-19(18)25-20/h4-11H,12H2,1-3H3. The Kier molecular flexibility index (Phi) is 4.01. The smallest absolute Gasteiger partial charge is 0.140 e. The lowest BCUT2D eigenvalue weighted by Gasteiger charge is -2.07. The lowest BCUT2D eigenvalue weighted by Crippen LogP contribution is -2.00. The van der Waals surface area contributed by atoms with Crippen LogP contribution < -0.4 is 4.74 Å². The van der Waals surface area contributed by atoms with Gasteiger partial charge in [-0.3, -0.25) is 0 Å². The first-order valence-electron chi connectivity index (χ1n) is 8.22. The maximum Gasteiger partial charge on any atom is 0.140 e. The lowest BCUT2D eigenvalue weighted by atomic mass is 10.2. The summed E-state index contributed by atoms with van der Waals surface area (Å²) >= 11 is 1.67. The molecule has 0 N–H and O–H groups in total. The average Bonchev–Trinajstić information content (AvgIpc) is 3.16. The molecule has 0 saturated carbocycles. The Hall–Kier alpha value is -2.66. The molecule has 0 aliphatic rings. The van der Waals surface area contributed by atoms with Gasteiger partial charge in [0.2, 0.25) is 0 Å². The van der Waals surface area contributed by atoms with Crippen molar-refractivity contribution in [2.75, 3.05) is 0 Å². The molecular formula is C20H19N3OS. The maximum atomic E-state index is 5.89. The molecule has 0 aliphatic heterocycles. The van der Waals surface area contributed by atoms with Crippen LogP contribution in [0.3, 0.4) is 0 Å². The molecule has 0 spiro atoms. The molecule has 0 saturated heterocycles. The molecule has 2 aromatic heterocycles. The van der Waals surface area contributed by atoms with Crippen LogP contribution in [0.15, 0.2) is 48.5 Å². The molecule has 2 heterocycles. The van der Waals surface area contributed by atoms with Gasteiger partial charge in [0.25, 0.3) is 0 Å². The number of hydrogen-bond donors (Lipinski definition) is 0. The Labute approximate surface area is 150 Å². The van der Waals surface area contributed by atoms with E-state index in [4.69, 9.17) is 4.74 Å². The summed E-state index contributed by atoms with van der Waals surface area (Å²) in [4.78, 5) is 4.60. The molecule has 4 aromatic rings. The minimum atomic E-state index is 0.484. The largest absolute Gasteiger partial charge is 0.486 e. The Morgan fingerprint density at radius 3 is 2.44 bits per heavy atom. The molecule has 126 valence electrons. The molecule has 0 bridgehead atoms. The van der Waals surface area contributed by atoms with Crippen LogP contribution in [-0.4, -0.2) is 14.8 Å². The number of para-hydroxylation sites is 1. The van der Waals surface area contributed by atoms with Gasteiger partial charge in [0, 0.05) is 5.69 Å². The second kappa shape index (κ2) is 6.33. The van der Waals surface area contributed by atoms with Crippen molar-refractivity contribution in [2.24, 2.45) is 0 Å². The minimum absolute atomic E-state index is 0.484. The molecule has 0 unspecified atom stereocenters. The van der Waals surface area contributed by atoms with E-state index in [1.807, 2.05) is 54.1 Å². The summed E-state index contributed by atoms with van der Waals surface area (Å²) in [5.74, 6) is 0.834. The Bertz CT molecular complexity index is 998. The molecule has 25 heavy (non-hydrogen) atoms. The Morgan fingerprint density at radius 1 is 1.00 bits per heavy atom. The number of hydrogen-bond acceptors (Lipinski definition) is 4. The molecule has 0 aliphatic carbocycles. The lowest BCUT2D eigenvalue weighted by molar-refractivity contribution is 0.306. The van der Waals surface area contributed by atoms with Crippen molar-refractivity contribution in [3.8, 4) is 11.4 Å². The number of nitrogens with zero attached hydrogens (tertiary/aromatic N) is 3. The molecule has 5 heteroatoms. The number of thiazole rings is 1. The van der Waals surface area contributed by atoms with E-state index in [0.717, 1.165) is 27.7 Å². The quantitative estimate of drug-likeness (QED) is 0.521. The van der Waals surface area contributed by atoms with Gasteiger partial charge in [0.05, 0.1) is 21.6 Å². The predicted molar refractivity (Wildman–Crippen MR) is 102 cm³/mol. The molecule has 4 nitrogen and oxygen atoms in total. The number of ether oxygens (including phenoxy) is 1. The summed E-state index contributed by atoms with van der Waals surface area (Å²) in [6, 6.07) is 16.2. The fraction of sp³-hybridized carbons (Fsp3) is 0.200.